The topological polar surface area (TPSA) is 52.9 Å². The lowest BCUT2D eigenvalue weighted by molar-refractivity contribution is -0.118. The first-order valence-corrected chi connectivity index (χ1v) is 8.30. The fraction of sp³-hybridized carbons (Fsp3) is 0.238. The van der Waals surface area contributed by atoms with Gasteiger partial charge < -0.3 is 5.32 Å². The van der Waals surface area contributed by atoms with Crippen LogP contribution in [-0.4, -0.2) is 12.5 Å². The number of allylic oxidation sites excluding steroid dienone is 1. The first-order chi connectivity index (χ1) is 12.0. The van der Waals surface area contributed by atoms with Gasteiger partial charge in [0.05, 0.1) is 11.6 Å². The predicted molar refractivity (Wildman–Crippen MR) is 96.1 cm³/mol. The highest BCUT2D eigenvalue weighted by Gasteiger charge is 2.20. The zero-order chi connectivity index (χ0) is 18.0. The van der Waals surface area contributed by atoms with Gasteiger partial charge in [-0.15, -0.1) is 0 Å². The third-order valence-corrected chi connectivity index (χ3v) is 4.70. The van der Waals surface area contributed by atoms with Gasteiger partial charge in [0.1, 0.15) is 5.82 Å². The summed E-state index contributed by atoms with van der Waals surface area (Å²) in [7, 11) is 0. The summed E-state index contributed by atoms with van der Waals surface area (Å²) in [4.78, 5) is 12.1. The molecule has 1 aliphatic rings. The molecule has 2 aromatic rings. The molecular formula is C21H19FN2O. The van der Waals surface area contributed by atoms with Crippen molar-refractivity contribution < 1.29 is 9.18 Å². The third kappa shape index (κ3) is 3.32. The minimum atomic E-state index is -0.353. The van der Waals surface area contributed by atoms with Crippen molar-refractivity contribution in [2.24, 2.45) is 0 Å². The number of rotatable bonds is 2. The van der Waals surface area contributed by atoms with Gasteiger partial charge in [-0.25, -0.2) is 4.39 Å². The largest absolute Gasteiger partial charge is 0.352 e. The zero-order valence-corrected chi connectivity index (χ0v) is 14.3. The number of hydrogen-bond donors (Lipinski definition) is 1. The predicted octanol–water partition coefficient (Wildman–Crippen LogP) is 4.36. The molecule has 0 unspecified atom stereocenters. The van der Waals surface area contributed by atoms with Gasteiger partial charge in [0.2, 0.25) is 5.91 Å². The molecule has 25 heavy (non-hydrogen) atoms. The molecule has 0 aliphatic carbocycles. The lowest BCUT2D eigenvalue weighted by atomic mass is 9.88. The van der Waals surface area contributed by atoms with E-state index in [0.717, 1.165) is 39.8 Å². The minimum absolute atomic E-state index is 0.0690. The van der Waals surface area contributed by atoms with Crippen LogP contribution < -0.4 is 5.32 Å². The summed E-state index contributed by atoms with van der Waals surface area (Å²) in [6, 6.07) is 12.2. The number of halogens is 1. The standard InChI is InChI=1S/C21H19FN2O/c1-13(18-7-4-8-24-21(18)25)19-10-17(22)11-20(14(19)2)16-6-3-5-15(9-16)12-23/h3,5-6,9-11H,4,7-8H2,1-2H3,(H,24,25)/b18-13+. The second-order valence-electron chi connectivity index (χ2n) is 6.28. The quantitative estimate of drug-likeness (QED) is 0.830. The SMILES string of the molecule is C/C(=C1/CCCNC1=O)c1cc(F)cc(-c2cccc(C#N)c2)c1C. The second-order valence-corrected chi connectivity index (χ2v) is 6.28. The Morgan fingerprint density at radius 1 is 1.28 bits per heavy atom. The van der Waals surface area contributed by atoms with Crippen LogP contribution in [0.15, 0.2) is 42.0 Å². The molecule has 1 fully saturated rings. The molecule has 1 amide bonds. The van der Waals surface area contributed by atoms with Crippen LogP contribution in [0.1, 0.15) is 36.5 Å². The van der Waals surface area contributed by atoms with E-state index in [2.05, 4.69) is 11.4 Å². The maximum atomic E-state index is 14.3. The van der Waals surface area contributed by atoms with E-state index in [1.54, 1.807) is 18.2 Å². The summed E-state index contributed by atoms with van der Waals surface area (Å²) in [6.45, 7) is 4.48. The lowest BCUT2D eigenvalue weighted by Crippen LogP contribution is -2.31. The van der Waals surface area contributed by atoms with Crippen LogP contribution in [0.3, 0.4) is 0 Å². The summed E-state index contributed by atoms with van der Waals surface area (Å²) in [5, 5.41) is 12.0. The number of amides is 1. The molecule has 0 atom stereocenters. The van der Waals surface area contributed by atoms with Crippen LogP contribution >= 0.6 is 0 Å². The van der Waals surface area contributed by atoms with E-state index in [1.165, 1.54) is 12.1 Å². The van der Waals surface area contributed by atoms with Crippen molar-refractivity contribution in [2.45, 2.75) is 26.7 Å². The van der Waals surface area contributed by atoms with E-state index >= 15 is 0 Å². The second kappa shape index (κ2) is 6.90. The fourth-order valence-electron chi connectivity index (χ4n) is 3.33. The van der Waals surface area contributed by atoms with Gasteiger partial charge in [-0.05, 0) is 78.8 Å². The number of carbonyl (C=O) groups excluding carboxylic acids is 1. The summed E-state index contributed by atoms with van der Waals surface area (Å²) in [5.41, 5.74) is 5.24. The average molecular weight is 334 g/mol. The van der Waals surface area contributed by atoms with Crippen LogP contribution in [0.25, 0.3) is 16.7 Å². The Hall–Kier alpha value is -2.93. The zero-order valence-electron chi connectivity index (χ0n) is 14.3. The minimum Gasteiger partial charge on any atom is -0.352 e. The van der Waals surface area contributed by atoms with Crippen molar-refractivity contribution in [3.8, 4) is 17.2 Å². The van der Waals surface area contributed by atoms with Crippen molar-refractivity contribution >= 4 is 11.5 Å². The molecular weight excluding hydrogens is 315 g/mol. The molecule has 4 heteroatoms. The molecule has 1 heterocycles. The van der Waals surface area contributed by atoms with Crippen molar-refractivity contribution in [2.75, 3.05) is 6.54 Å². The van der Waals surface area contributed by atoms with Crippen LogP contribution in [-0.2, 0) is 4.79 Å². The van der Waals surface area contributed by atoms with Crippen LogP contribution in [0.5, 0.6) is 0 Å². The van der Waals surface area contributed by atoms with Gasteiger partial charge in [0.25, 0.3) is 0 Å². The van der Waals surface area contributed by atoms with E-state index in [0.29, 0.717) is 18.5 Å². The van der Waals surface area contributed by atoms with Crippen molar-refractivity contribution in [3.63, 3.8) is 0 Å². The smallest absolute Gasteiger partial charge is 0.247 e. The molecule has 3 nitrogen and oxygen atoms in total. The monoisotopic (exact) mass is 334 g/mol. The third-order valence-electron chi connectivity index (χ3n) is 4.70. The highest BCUT2D eigenvalue weighted by molar-refractivity contribution is 6.02. The Morgan fingerprint density at radius 2 is 2.08 bits per heavy atom. The number of nitrogens with zero attached hydrogens (tertiary/aromatic N) is 1. The first kappa shape index (κ1) is 16.9. The highest BCUT2D eigenvalue weighted by Crippen LogP contribution is 2.33. The van der Waals surface area contributed by atoms with Gasteiger partial charge in [0.15, 0.2) is 0 Å². The van der Waals surface area contributed by atoms with E-state index in [-0.39, 0.29) is 11.7 Å². The molecule has 126 valence electrons. The van der Waals surface area contributed by atoms with Crippen molar-refractivity contribution in [3.05, 3.63) is 64.5 Å². The number of piperidine rings is 1. The van der Waals surface area contributed by atoms with Crippen LogP contribution in [0.2, 0.25) is 0 Å². The molecule has 1 saturated heterocycles. The van der Waals surface area contributed by atoms with E-state index in [1.807, 2.05) is 19.9 Å². The Labute approximate surface area is 146 Å². The molecule has 3 rings (SSSR count). The molecule has 0 spiro atoms. The molecule has 0 aromatic heterocycles. The molecule has 0 bridgehead atoms. The van der Waals surface area contributed by atoms with Gasteiger partial charge in [-0.2, -0.15) is 5.26 Å². The van der Waals surface area contributed by atoms with Gasteiger partial charge >= 0.3 is 0 Å². The molecule has 0 saturated carbocycles. The number of benzene rings is 2. The number of nitriles is 1. The Kier molecular flexibility index (Phi) is 4.67. The van der Waals surface area contributed by atoms with Crippen molar-refractivity contribution in [1.82, 2.24) is 5.32 Å². The van der Waals surface area contributed by atoms with Crippen LogP contribution in [0, 0.1) is 24.1 Å². The van der Waals surface area contributed by atoms with Crippen LogP contribution in [0.4, 0.5) is 4.39 Å². The van der Waals surface area contributed by atoms with E-state index < -0.39 is 0 Å². The summed E-state index contributed by atoms with van der Waals surface area (Å²) in [5.74, 6) is -0.422. The maximum Gasteiger partial charge on any atom is 0.247 e. The fourth-order valence-corrected chi connectivity index (χ4v) is 3.33. The normalized spacial score (nSPS) is 16.2. The summed E-state index contributed by atoms with van der Waals surface area (Å²) in [6.07, 6.45) is 1.59. The molecule has 1 N–H and O–H groups in total. The summed E-state index contributed by atoms with van der Waals surface area (Å²) >= 11 is 0. The highest BCUT2D eigenvalue weighted by atomic mass is 19.1. The van der Waals surface area contributed by atoms with Crippen molar-refractivity contribution in [1.29, 1.82) is 5.26 Å². The molecule has 1 aliphatic heterocycles. The Bertz CT molecular complexity index is 922. The average Bonchev–Trinajstić information content (AvgIpc) is 2.63. The Balaban J connectivity index is 2.17. The number of carbonyl (C=O) groups is 1. The summed E-state index contributed by atoms with van der Waals surface area (Å²) < 4.78 is 14.3. The van der Waals surface area contributed by atoms with Gasteiger partial charge in [0, 0.05) is 12.1 Å². The van der Waals surface area contributed by atoms with E-state index in [4.69, 9.17) is 5.26 Å². The Morgan fingerprint density at radius 3 is 2.80 bits per heavy atom. The lowest BCUT2D eigenvalue weighted by Gasteiger charge is -2.20. The number of hydrogen-bond acceptors (Lipinski definition) is 2. The molecule has 0 radical (unpaired) electrons. The first-order valence-electron chi connectivity index (χ1n) is 8.30. The molecule has 2 aromatic carbocycles. The maximum absolute atomic E-state index is 14.3. The number of nitrogens with one attached hydrogen (secondary N) is 1. The van der Waals surface area contributed by atoms with Gasteiger partial charge in [-0.1, -0.05) is 12.1 Å². The van der Waals surface area contributed by atoms with Gasteiger partial charge in [-0.3, -0.25) is 4.79 Å². The van der Waals surface area contributed by atoms with E-state index in [9.17, 15) is 9.18 Å².